The number of aromatic nitrogens is 2. The van der Waals surface area contributed by atoms with Crippen molar-refractivity contribution in [3.05, 3.63) is 49.1 Å². The Morgan fingerprint density at radius 2 is 1.06 bits per heavy atom. The first-order valence-corrected chi connectivity index (χ1v) is 5.77. The number of hydrogen-bond acceptors (Lipinski definition) is 2. The fourth-order valence-electron chi connectivity index (χ4n) is 1.07. The molecule has 2 nitrogen and oxygen atoms in total. The van der Waals surface area contributed by atoms with Gasteiger partial charge < -0.3 is 0 Å². The Morgan fingerprint density at radius 1 is 0.688 bits per heavy atom. The highest BCUT2D eigenvalue weighted by molar-refractivity contribution is 5.60. The summed E-state index contributed by atoms with van der Waals surface area (Å²) in [5.74, 6) is 0. The molecule has 0 saturated carbocycles. The van der Waals surface area contributed by atoms with Gasteiger partial charge in [0, 0.05) is 35.9 Å². The van der Waals surface area contributed by atoms with Gasteiger partial charge in [-0.15, -0.1) is 0 Å². The zero-order valence-electron chi connectivity index (χ0n) is 10.5. The summed E-state index contributed by atoms with van der Waals surface area (Å²) >= 11 is 0. The first-order valence-electron chi connectivity index (χ1n) is 5.77. The van der Waals surface area contributed by atoms with E-state index in [-0.39, 0.29) is 0 Å². The van der Waals surface area contributed by atoms with Crippen molar-refractivity contribution in [3.63, 3.8) is 0 Å². The summed E-state index contributed by atoms with van der Waals surface area (Å²) in [7, 11) is 0. The van der Waals surface area contributed by atoms with Crippen molar-refractivity contribution in [1.29, 1.82) is 0 Å². The smallest absolute Gasteiger partial charge is 0.0346 e. The highest BCUT2D eigenvalue weighted by atomic mass is 14.6. The summed E-state index contributed by atoms with van der Waals surface area (Å²) in [4.78, 5) is 8.07. The fraction of sp³-hybridized carbons (Fsp3) is 0.286. The van der Waals surface area contributed by atoms with Crippen molar-refractivity contribution in [2.75, 3.05) is 0 Å². The van der Waals surface area contributed by atoms with Crippen LogP contribution in [-0.4, -0.2) is 9.97 Å². The maximum absolute atomic E-state index is 4.03. The lowest BCUT2D eigenvalue weighted by Gasteiger charge is -1.97. The highest BCUT2D eigenvalue weighted by Crippen LogP contribution is 2.14. The topological polar surface area (TPSA) is 25.8 Å². The van der Waals surface area contributed by atoms with Crippen LogP contribution in [0.5, 0.6) is 0 Å². The van der Waals surface area contributed by atoms with Gasteiger partial charge in [-0.05, 0) is 12.1 Å². The number of hydrogen-bond donors (Lipinski definition) is 0. The van der Waals surface area contributed by atoms with Crippen molar-refractivity contribution in [1.82, 2.24) is 9.97 Å². The molecule has 2 aromatic rings. The third-order valence-electron chi connectivity index (χ3n) is 1.66. The SMILES string of the molecule is CC.CC.c1cncc(-c2cccnc2)c1. The molecule has 0 fully saturated rings. The lowest BCUT2D eigenvalue weighted by molar-refractivity contribution is 1.30. The van der Waals surface area contributed by atoms with E-state index in [0.717, 1.165) is 11.1 Å². The summed E-state index contributed by atoms with van der Waals surface area (Å²) in [6.07, 6.45) is 7.19. The van der Waals surface area contributed by atoms with E-state index in [9.17, 15) is 0 Å². The summed E-state index contributed by atoms with van der Waals surface area (Å²) in [6.45, 7) is 8.00. The molecule has 2 aromatic heterocycles. The molecule has 0 aliphatic rings. The summed E-state index contributed by atoms with van der Waals surface area (Å²) < 4.78 is 0. The summed E-state index contributed by atoms with van der Waals surface area (Å²) in [5.41, 5.74) is 2.20. The molecule has 16 heavy (non-hydrogen) atoms. The lowest BCUT2D eigenvalue weighted by atomic mass is 10.1. The minimum absolute atomic E-state index is 1.10. The molecule has 0 N–H and O–H groups in total. The van der Waals surface area contributed by atoms with Gasteiger partial charge in [0.25, 0.3) is 0 Å². The first kappa shape index (κ1) is 14.3. The third kappa shape index (κ3) is 4.69. The molecule has 0 bridgehead atoms. The second kappa shape index (κ2) is 9.84. The average molecular weight is 216 g/mol. The second-order valence-corrected chi connectivity index (χ2v) is 2.48. The van der Waals surface area contributed by atoms with Gasteiger partial charge in [-0.2, -0.15) is 0 Å². The maximum Gasteiger partial charge on any atom is 0.0346 e. The standard InChI is InChI=1S/C10H8N2.2C2H6/c1-3-9(7-11-5-1)10-4-2-6-12-8-10;2*1-2/h1-8H;2*1-2H3. The monoisotopic (exact) mass is 216 g/mol. The van der Waals surface area contributed by atoms with Gasteiger partial charge in [-0.1, -0.05) is 39.8 Å². The molecular formula is C14H20N2. The van der Waals surface area contributed by atoms with E-state index in [1.807, 2.05) is 64.4 Å². The zero-order valence-corrected chi connectivity index (χ0v) is 10.5. The molecule has 0 aromatic carbocycles. The van der Waals surface area contributed by atoms with Gasteiger partial charge in [0.1, 0.15) is 0 Å². The van der Waals surface area contributed by atoms with Crippen molar-refractivity contribution >= 4 is 0 Å². The van der Waals surface area contributed by atoms with E-state index < -0.39 is 0 Å². The van der Waals surface area contributed by atoms with Crippen molar-refractivity contribution < 1.29 is 0 Å². The molecular weight excluding hydrogens is 196 g/mol. The van der Waals surface area contributed by atoms with Crippen LogP contribution >= 0.6 is 0 Å². The van der Waals surface area contributed by atoms with Crippen LogP contribution in [0.1, 0.15) is 27.7 Å². The van der Waals surface area contributed by atoms with Crippen LogP contribution in [0, 0.1) is 0 Å². The van der Waals surface area contributed by atoms with E-state index in [1.54, 1.807) is 12.4 Å². The van der Waals surface area contributed by atoms with Gasteiger partial charge in [-0.3, -0.25) is 9.97 Å². The summed E-state index contributed by atoms with van der Waals surface area (Å²) in [6, 6.07) is 7.87. The van der Waals surface area contributed by atoms with E-state index >= 15 is 0 Å². The Labute approximate surface area is 98.4 Å². The molecule has 0 amide bonds. The molecule has 0 unspecified atom stereocenters. The van der Waals surface area contributed by atoms with Gasteiger partial charge in [0.2, 0.25) is 0 Å². The summed E-state index contributed by atoms with van der Waals surface area (Å²) in [5, 5.41) is 0. The first-order chi connectivity index (χ1) is 7.97. The zero-order chi connectivity index (χ0) is 12.2. The van der Waals surface area contributed by atoms with E-state index in [2.05, 4.69) is 9.97 Å². The number of rotatable bonds is 1. The van der Waals surface area contributed by atoms with E-state index in [0.29, 0.717) is 0 Å². The Morgan fingerprint density at radius 3 is 1.31 bits per heavy atom. The molecule has 0 aliphatic carbocycles. The Bertz CT molecular complexity index is 306. The quantitative estimate of drug-likeness (QED) is 0.714. The van der Waals surface area contributed by atoms with Gasteiger partial charge in [0.05, 0.1) is 0 Å². The normalized spacial score (nSPS) is 8.00. The van der Waals surface area contributed by atoms with Crippen LogP contribution in [0.2, 0.25) is 0 Å². The van der Waals surface area contributed by atoms with Crippen molar-refractivity contribution in [3.8, 4) is 11.1 Å². The van der Waals surface area contributed by atoms with Crippen molar-refractivity contribution in [2.24, 2.45) is 0 Å². The number of nitrogens with zero attached hydrogens (tertiary/aromatic N) is 2. The highest BCUT2D eigenvalue weighted by Gasteiger charge is 1.93. The lowest BCUT2D eigenvalue weighted by Crippen LogP contribution is -1.79. The minimum Gasteiger partial charge on any atom is -0.264 e. The van der Waals surface area contributed by atoms with E-state index in [1.165, 1.54) is 0 Å². The molecule has 2 heteroatoms. The molecule has 0 radical (unpaired) electrons. The Kier molecular flexibility index (Phi) is 8.79. The Hall–Kier alpha value is -1.70. The van der Waals surface area contributed by atoms with Gasteiger partial charge >= 0.3 is 0 Å². The Balaban J connectivity index is 0.000000509. The molecule has 0 spiro atoms. The average Bonchev–Trinajstić information content (AvgIpc) is 2.45. The molecule has 2 heterocycles. The minimum atomic E-state index is 1.10. The van der Waals surface area contributed by atoms with Crippen LogP contribution in [0.25, 0.3) is 11.1 Å². The molecule has 0 saturated heterocycles. The maximum atomic E-state index is 4.03. The third-order valence-corrected chi connectivity index (χ3v) is 1.66. The van der Waals surface area contributed by atoms with Crippen LogP contribution < -0.4 is 0 Å². The van der Waals surface area contributed by atoms with Crippen LogP contribution in [0.4, 0.5) is 0 Å². The molecule has 0 aliphatic heterocycles. The molecule has 0 atom stereocenters. The predicted octanol–water partition coefficient (Wildman–Crippen LogP) is 4.20. The van der Waals surface area contributed by atoms with Gasteiger partial charge in [0.15, 0.2) is 0 Å². The molecule has 86 valence electrons. The van der Waals surface area contributed by atoms with Crippen molar-refractivity contribution in [2.45, 2.75) is 27.7 Å². The van der Waals surface area contributed by atoms with Gasteiger partial charge in [-0.25, -0.2) is 0 Å². The molecule has 2 rings (SSSR count). The van der Waals surface area contributed by atoms with Crippen LogP contribution in [0.3, 0.4) is 0 Å². The largest absolute Gasteiger partial charge is 0.264 e. The van der Waals surface area contributed by atoms with E-state index in [4.69, 9.17) is 0 Å². The number of pyridine rings is 2. The predicted molar refractivity (Wildman–Crippen MR) is 70.2 cm³/mol. The van der Waals surface area contributed by atoms with Crippen LogP contribution in [-0.2, 0) is 0 Å². The fourth-order valence-corrected chi connectivity index (χ4v) is 1.07. The van der Waals surface area contributed by atoms with Crippen LogP contribution in [0.15, 0.2) is 49.1 Å². The second-order valence-electron chi connectivity index (χ2n) is 2.48.